The van der Waals surface area contributed by atoms with Crippen molar-refractivity contribution in [1.82, 2.24) is 0 Å². The molecule has 0 N–H and O–H groups in total. The van der Waals surface area contributed by atoms with Gasteiger partial charge in [-0.15, -0.1) is 0 Å². The molecule has 0 spiro atoms. The summed E-state index contributed by atoms with van der Waals surface area (Å²) in [5.41, 5.74) is 0. The molecule has 0 heterocycles. The smallest absolute Gasteiger partial charge is 0.343 e. The van der Waals surface area contributed by atoms with Crippen molar-refractivity contribution in [2.24, 2.45) is 0 Å². The minimum Gasteiger partial charge on any atom is -0.343 e. The van der Waals surface area contributed by atoms with Crippen LogP contribution in [0.1, 0.15) is 19.8 Å². The van der Waals surface area contributed by atoms with E-state index in [9.17, 15) is 12.9 Å². The zero-order valence-electron chi connectivity index (χ0n) is 5.13. The standard InChI is InChI=1S/C4H9.BF3.Cu/c1-3-4-2;2-1(3)4;/h1,3-4H2,2H3;;/q-1;;+1. The minimum atomic E-state index is -3.67. The largest absolute Gasteiger partial charge is 1.00 e. The monoisotopic (exact) mass is 188 g/mol. The van der Waals surface area contributed by atoms with Crippen LogP contribution < -0.4 is 0 Å². The Kier molecular flexibility index (Phi) is 28.3. The van der Waals surface area contributed by atoms with E-state index in [1.807, 2.05) is 0 Å². The van der Waals surface area contributed by atoms with Crippen molar-refractivity contribution in [2.45, 2.75) is 19.8 Å². The van der Waals surface area contributed by atoms with Crippen LogP contribution in [0.4, 0.5) is 12.9 Å². The molecule has 0 aliphatic heterocycles. The van der Waals surface area contributed by atoms with Crippen LogP contribution in [0.25, 0.3) is 0 Å². The Morgan fingerprint density at radius 2 is 1.44 bits per heavy atom. The maximum absolute atomic E-state index is 9.67. The van der Waals surface area contributed by atoms with Crippen LogP contribution in [0.5, 0.6) is 0 Å². The van der Waals surface area contributed by atoms with Gasteiger partial charge < -0.3 is 6.92 Å². The van der Waals surface area contributed by atoms with Crippen molar-refractivity contribution >= 4 is 7.54 Å². The van der Waals surface area contributed by atoms with Crippen LogP contribution in [0.3, 0.4) is 0 Å². The number of hydrogen-bond acceptors (Lipinski definition) is 0. The molecule has 0 saturated heterocycles. The molecule has 0 aromatic carbocycles. The van der Waals surface area contributed by atoms with Gasteiger partial charge >= 0.3 is 24.6 Å². The van der Waals surface area contributed by atoms with Crippen molar-refractivity contribution in [1.29, 1.82) is 0 Å². The molecule has 0 aromatic heterocycles. The van der Waals surface area contributed by atoms with Crippen molar-refractivity contribution in [3.8, 4) is 0 Å². The first kappa shape index (κ1) is 16.2. The Hall–Kier alpha value is 0.374. The third-order valence-corrected chi connectivity index (χ3v) is 0.354. The zero-order chi connectivity index (χ0) is 6.99. The second-order valence-corrected chi connectivity index (χ2v) is 1.10. The summed E-state index contributed by atoms with van der Waals surface area (Å²) in [5, 5.41) is 0. The maximum atomic E-state index is 9.67. The molecule has 0 atom stereocenters. The molecule has 0 saturated carbocycles. The molecule has 5 heteroatoms. The normalized spacial score (nSPS) is 6.33. The Bertz CT molecular complexity index is 32.2. The molecular weight excluding hydrogens is 179 g/mol. The topological polar surface area (TPSA) is 0 Å². The first-order chi connectivity index (χ1) is 3.65. The van der Waals surface area contributed by atoms with Gasteiger partial charge in [-0.1, -0.05) is 13.3 Å². The first-order valence-electron chi connectivity index (χ1n) is 2.36. The number of hydrogen-bond donors (Lipinski definition) is 0. The van der Waals surface area contributed by atoms with Crippen molar-refractivity contribution < 1.29 is 30.0 Å². The summed E-state index contributed by atoms with van der Waals surface area (Å²) in [6.45, 7) is 5.72. The van der Waals surface area contributed by atoms with E-state index in [0.29, 0.717) is 0 Å². The predicted molar refractivity (Wildman–Crippen MR) is 29.3 cm³/mol. The molecule has 0 amide bonds. The second-order valence-electron chi connectivity index (χ2n) is 1.10. The number of halogens is 3. The van der Waals surface area contributed by atoms with E-state index in [1.165, 1.54) is 6.42 Å². The van der Waals surface area contributed by atoms with Crippen LogP contribution in [-0.2, 0) is 17.1 Å². The fourth-order valence-corrected chi connectivity index (χ4v) is 0. The molecule has 0 bridgehead atoms. The molecule has 0 aromatic rings. The molecule has 9 heavy (non-hydrogen) atoms. The van der Waals surface area contributed by atoms with Gasteiger partial charge in [-0.2, -0.15) is 6.42 Å². The summed E-state index contributed by atoms with van der Waals surface area (Å²) in [5.74, 6) is 0. The van der Waals surface area contributed by atoms with E-state index >= 15 is 0 Å². The summed E-state index contributed by atoms with van der Waals surface area (Å²) in [4.78, 5) is 0. The Morgan fingerprint density at radius 3 is 1.44 bits per heavy atom. The van der Waals surface area contributed by atoms with E-state index in [4.69, 9.17) is 0 Å². The number of unbranched alkanes of at least 4 members (excludes halogenated alkanes) is 1. The van der Waals surface area contributed by atoms with Gasteiger partial charge in [0.25, 0.3) is 0 Å². The van der Waals surface area contributed by atoms with Gasteiger partial charge in [0.1, 0.15) is 0 Å². The van der Waals surface area contributed by atoms with Crippen LogP contribution in [0.2, 0.25) is 0 Å². The minimum absolute atomic E-state index is 0. The summed E-state index contributed by atoms with van der Waals surface area (Å²) < 4.78 is 29.0. The average Bonchev–Trinajstić information content (AvgIpc) is 1.65. The Labute approximate surface area is 64.9 Å². The first-order valence-corrected chi connectivity index (χ1v) is 2.36. The van der Waals surface area contributed by atoms with Crippen LogP contribution in [0.15, 0.2) is 0 Å². The van der Waals surface area contributed by atoms with Crippen molar-refractivity contribution in [2.75, 3.05) is 0 Å². The van der Waals surface area contributed by atoms with Crippen molar-refractivity contribution in [3.05, 3.63) is 6.92 Å². The molecule has 60 valence electrons. The Morgan fingerprint density at radius 1 is 1.33 bits per heavy atom. The van der Waals surface area contributed by atoms with Crippen LogP contribution in [0, 0.1) is 6.92 Å². The van der Waals surface area contributed by atoms with Gasteiger partial charge in [-0.25, -0.2) is 0 Å². The van der Waals surface area contributed by atoms with Crippen molar-refractivity contribution in [3.63, 3.8) is 0 Å². The van der Waals surface area contributed by atoms with Gasteiger partial charge in [0.2, 0.25) is 0 Å². The zero-order valence-corrected chi connectivity index (χ0v) is 6.08. The molecule has 0 fully saturated rings. The molecule has 0 radical (unpaired) electrons. The van der Waals surface area contributed by atoms with Crippen LogP contribution >= 0.6 is 0 Å². The van der Waals surface area contributed by atoms with Gasteiger partial charge in [0, 0.05) is 0 Å². The maximum Gasteiger partial charge on any atom is 1.00 e. The third-order valence-electron chi connectivity index (χ3n) is 0.354. The van der Waals surface area contributed by atoms with E-state index in [0.717, 1.165) is 6.42 Å². The van der Waals surface area contributed by atoms with Gasteiger partial charge in [0.15, 0.2) is 0 Å². The Balaban J connectivity index is -0.0000000720. The van der Waals surface area contributed by atoms with E-state index in [2.05, 4.69) is 13.8 Å². The fraction of sp³-hybridized carbons (Fsp3) is 0.750. The molecular formula is C4H9BCuF3. The van der Waals surface area contributed by atoms with E-state index in [-0.39, 0.29) is 17.1 Å². The summed E-state index contributed by atoms with van der Waals surface area (Å²) >= 11 is 0. The van der Waals surface area contributed by atoms with Crippen LogP contribution in [-0.4, -0.2) is 7.54 Å². The molecule has 0 unspecified atom stereocenters. The van der Waals surface area contributed by atoms with E-state index < -0.39 is 7.54 Å². The third kappa shape index (κ3) is 180. The number of rotatable bonds is 1. The summed E-state index contributed by atoms with van der Waals surface area (Å²) in [7, 11) is -3.67. The summed E-state index contributed by atoms with van der Waals surface area (Å²) in [6.07, 6.45) is 2.28. The molecule has 0 nitrogen and oxygen atoms in total. The van der Waals surface area contributed by atoms with Gasteiger partial charge in [-0.05, 0) is 0 Å². The second kappa shape index (κ2) is 15.8. The predicted octanol–water partition coefficient (Wildman–Crippen LogP) is 2.50. The SMILES string of the molecule is FB(F)F.[CH2-]CCC.[Cu+]. The summed E-state index contributed by atoms with van der Waals surface area (Å²) in [6, 6.07) is 0. The van der Waals surface area contributed by atoms with Gasteiger partial charge in [-0.3, -0.25) is 12.9 Å². The molecule has 0 rings (SSSR count). The van der Waals surface area contributed by atoms with E-state index in [1.54, 1.807) is 0 Å². The fourth-order valence-electron chi connectivity index (χ4n) is 0. The quantitative estimate of drug-likeness (QED) is 0.438. The van der Waals surface area contributed by atoms with Gasteiger partial charge in [0.05, 0.1) is 0 Å². The average molecular weight is 188 g/mol. The molecule has 0 aliphatic carbocycles. The molecule has 0 aliphatic rings.